The van der Waals surface area contributed by atoms with Gasteiger partial charge in [-0.3, -0.25) is 0 Å². The van der Waals surface area contributed by atoms with Crippen LogP contribution in [0.15, 0.2) is 22.7 Å². The molecule has 1 nitrogen and oxygen atoms in total. The summed E-state index contributed by atoms with van der Waals surface area (Å²) in [5.41, 5.74) is 0.324. The van der Waals surface area contributed by atoms with Crippen LogP contribution in [0, 0.1) is 17.5 Å². The molecule has 0 bridgehead atoms. The Hall–Kier alpha value is -0.560. The number of hydrogen-bond acceptors (Lipinski definition) is 2. The van der Waals surface area contributed by atoms with E-state index < -0.39 is 23.5 Å². The van der Waals surface area contributed by atoms with E-state index in [1.807, 2.05) is 6.92 Å². The summed E-state index contributed by atoms with van der Waals surface area (Å²) in [6.45, 7) is 2.63. The van der Waals surface area contributed by atoms with E-state index in [1.54, 1.807) is 6.07 Å². The van der Waals surface area contributed by atoms with Gasteiger partial charge in [-0.1, -0.05) is 18.5 Å². The molecule has 0 radical (unpaired) electrons. The smallest absolute Gasteiger partial charge is 0.194 e. The highest BCUT2D eigenvalue weighted by Crippen LogP contribution is 2.37. The van der Waals surface area contributed by atoms with Gasteiger partial charge in [0.1, 0.15) is 4.34 Å². The fraction of sp³-hybridized carbons (Fsp3) is 0.286. The quantitative estimate of drug-likeness (QED) is 0.640. The molecule has 0 amide bonds. The Balaban J connectivity index is 2.45. The number of halogens is 5. The van der Waals surface area contributed by atoms with E-state index in [1.165, 1.54) is 11.3 Å². The molecule has 0 aliphatic rings. The summed E-state index contributed by atoms with van der Waals surface area (Å²) >= 11 is 10.6. The third kappa shape index (κ3) is 3.80. The van der Waals surface area contributed by atoms with Gasteiger partial charge in [0.15, 0.2) is 17.5 Å². The molecule has 1 N–H and O–H groups in total. The lowest BCUT2D eigenvalue weighted by molar-refractivity contribution is 0.442. The van der Waals surface area contributed by atoms with Crippen LogP contribution >= 0.6 is 38.9 Å². The highest BCUT2D eigenvalue weighted by atomic mass is 79.9. The lowest BCUT2D eigenvalue weighted by Gasteiger charge is -2.18. The van der Waals surface area contributed by atoms with Crippen LogP contribution in [0.5, 0.6) is 0 Å². The molecule has 1 aromatic carbocycles. The number of rotatable bonds is 5. The summed E-state index contributed by atoms with van der Waals surface area (Å²) in [6.07, 6.45) is 0.850. The molecule has 7 heteroatoms. The Morgan fingerprint density at radius 1 is 1.24 bits per heavy atom. The number of thiophene rings is 1. The third-order valence-electron chi connectivity index (χ3n) is 2.89. The molecule has 1 aromatic heterocycles. The van der Waals surface area contributed by atoms with Crippen molar-refractivity contribution in [2.75, 3.05) is 6.54 Å². The van der Waals surface area contributed by atoms with Crippen molar-refractivity contribution in [3.63, 3.8) is 0 Å². The van der Waals surface area contributed by atoms with Crippen LogP contribution in [0.3, 0.4) is 0 Å². The van der Waals surface area contributed by atoms with Crippen LogP contribution in [0.2, 0.25) is 4.34 Å². The van der Waals surface area contributed by atoms with Crippen molar-refractivity contribution < 1.29 is 13.2 Å². The maximum Gasteiger partial charge on any atom is 0.194 e. The largest absolute Gasteiger partial charge is 0.306 e. The minimum Gasteiger partial charge on any atom is -0.306 e. The first-order chi connectivity index (χ1) is 9.93. The van der Waals surface area contributed by atoms with Crippen molar-refractivity contribution in [1.82, 2.24) is 5.32 Å². The molecule has 0 saturated heterocycles. The fourth-order valence-corrected chi connectivity index (χ4v) is 3.76. The molecule has 2 rings (SSSR count). The summed E-state index contributed by atoms with van der Waals surface area (Å²) in [5.74, 6) is -3.86. The fourth-order valence-electron chi connectivity index (χ4n) is 1.92. The third-order valence-corrected chi connectivity index (χ3v) is 5.43. The normalized spacial score (nSPS) is 12.7. The minimum atomic E-state index is -1.46. The molecule has 0 fully saturated rings. The first-order valence-corrected chi connectivity index (χ1v) is 8.25. The van der Waals surface area contributed by atoms with E-state index in [0.717, 1.165) is 27.9 Å². The first-order valence-electron chi connectivity index (χ1n) is 6.26. The Morgan fingerprint density at radius 3 is 2.33 bits per heavy atom. The molecule has 0 saturated carbocycles. The second-order valence-electron chi connectivity index (χ2n) is 4.46. The van der Waals surface area contributed by atoms with Gasteiger partial charge in [0.05, 0.1) is 6.04 Å². The number of hydrogen-bond donors (Lipinski definition) is 1. The number of nitrogens with one attached hydrogen (secondary N) is 1. The highest BCUT2D eigenvalue weighted by molar-refractivity contribution is 9.10. The standard InChI is InChI=1S/C14H12BrClF3NS/c1-2-3-20-13(11-6-8(15)14(16)21-11)7-4-9(17)12(19)10(18)5-7/h4-6,13,20H,2-3H2,1H3. The molecule has 0 spiro atoms. The maximum absolute atomic E-state index is 13.4. The van der Waals surface area contributed by atoms with E-state index >= 15 is 0 Å². The Kier molecular flexibility index (Phi) is 5.71. The van der Waals surface area contributed by atoms with Crippen molar-refractivity contribution >= 4 is 38.9 Å². The van der Waals surface area contributed by atoms with Crippen LogP contribution in [0.4, 0.5) is 13.2 Å². The molecule has 21 heavy (non-hydrogen) atoms. The summed E-state index contributed by atoms with van der Waals surface area (Å²) in [5, 5.41) is 3.19. The van der Waals surface area contributed by atoms with Crippen LogP contribution in [0.1, 0.15) is 29.8 Å². The van der Waals surface area contributed by atoms with Gasteiger partial charge in [0.2, 0.25) is 0 Å². The van der Waals surface area contributed by atoms with Crippen molar-refractivity contribution in [2.24, 2.45) is 0 Å². The second kappa shape index (κ2) is 7.13. The molecule has 114 valence electrons. The molecule has 1 atom stereocenters. The van der Waals surface area contributed by atoms with Gasteiger partial charge < -0.3 is 5.32 Å². The molecule has 1 unspecified atom stereocenters. The van der Waals surface area contributed by atoms with E-state index in [4.69, 9.17) is 11.6 Å². The van der Waals surface area contributed by atoms with Crippen LogP contribution in [0.25, 0.3) is 0 Å². The zero-order valence-corrected chi connectivity index (χ0v) is 14.2. The zero-order valence-electron chi connectivity index (χ0n) is 11.0. The Bertz CT molecular complexity index is 605. The van der Waals surface area contributed by atoms with Crippen molar-refractivity contribution in [2.45, 2.75) is 19.4 Å². The SMILES string of the molecule is CCCNC(c1cc(F)c(F)c(F)c1)c1cc(Br)c(Cl)s1. The van der Waals surface area contributed by atoms with Gasteiger partial charge in [-0.2, -0.15) is 0 Å². The number of benzene rings is 1. The zero-order chi connectivity index (χ0) is 15.6. The van der Waals surface area contributed by atoms with Crippen molar-refractivity contribution in [3.8, 4) is 0 Å². The van der Waals surface area contributed by atoms with E-state index in [9.17, 15) is 13.2 Å². The predicted octanol–water partition coefficient (Wildman–Crippen LogP) is 5.67. The van der Waals surface area contributed by atoms with Gasteiger partial charge in [-0.05, 0) is 52.7 Å². The predicted molar refractivity (Wildman–Crippen MR) is 83.5 cm³/mol. The minimum absolute atomic E-state index is 0.324. The molecule has 1 heterocycles. The average Bonchev–Trinajstić information content (AvgIpc) is 2.76. The molecular weight excluding hydrogens is 387 g/mol. The molecule has 0 aliphatic heterocycles. The molecular formula is C14H12BrClF3NS. The van der Waals surface area contributed by atoms with Gasteiger partial charge in [0, 0.05) is 9.35 Å². The van der Waals surface area contributed by atoms with Gasteiger partial charge in [0.25, 0.3) is 0 Å². The lowest BCUT2D eigenvalue weighted by atomic mass is 10.0. The van der Waals surface area contributed by atoms with E-state index in [2.05, 4.69) is 21.2 Å². The van der Waals surface area contributed by atoms with Crippen molar-refractivity contribution in [1.29, 1.82) is 0 Å². The Morgan fingerprint density at radius 2 is 1.86 bits per heavy atom. The Labute approximate surface area is 138 Å². The van der Waals surface area contributed by atoms with Crippen LogP contribution in [-0.2, 0) is 0 Å². The highest BCUT2D eigenvalue weighted by Gasteiger charge is 2.21. The van der Waals surface area contributed by atoms with Gasteiger partial charge in [-0.15, -0.1) is 11.3 Å². The topological polar surface area (TPSA) is 12.0 Å². The van der Waals surface area contributed by atoms with E-state index in [0.29, 0.717) is 16.4 Å². The monoisotopic (exact) mass is 397 g/mol. The summed E-state index contributed by atoms with van der Waals surface area (Å²) in [7, 11) is 0. The van der Waals surface area contributed by atoms with Crippen molar-refractivity contribution in [3.05, 3.63) is 54.9 Å². The average molecular weight is 399 g/mol. The van der Waals surface area contributed by atoms with Gasteiger partial charge >= 0.3 is 0 Å². The summed E-state index contributed by atoms with van der Waals surface area (Å²) < 4.78 is 41.3. The summed E-state index contributed by atoms with van der Waals surface area (Å²) in [4.78, 5) is 0.797. The molecule has 0 aliphatic carbocycles. The van der Waals surface area contributed by atoms with Crippen LogP contribution in [-0.4, -0.2) is 6.54 Å². The summed E-state index contributed by atoms with van der Waals surface area (Å²) in [6, 6.07) is 3.36. The maximum atomic E-state index is 13.4. The van der Waals surface area contributed by atoms with Gasteiger partial charge in [-0.25, -0.2) is 13.2 Å². The lowest BCUT2D eigenvalue weighted by Crippen LogP contribution is -2.22. The molecule has 2 aromatic rings. The van der Waals surface area contributed by atoms with Crippen LogP contribution < -0.4 is 5.32 Å². The van der Waals surface area contributed by atoms with E-state index in [-0.39, 0.29) is 0 Å². The first kappa shape index (κ1) is 16.8. The second-order valence-corrected chi connectivity index (χ2v) is 7.00.